The van der Waals surface area contributed by atoms with Crippen LogP contribution in [0.1, 0.15) is 108 Å². The molecule has 2 rings (SSSR count). The zero-order valence-corrected chi connectivity index (χ0v) is 31.1. The van der Waals surface area contributed by atoms with E-state index in [1.54, 1.807) is 74.5 Å². The van der Waals surface area contributed by atoms with Crippen molar-refractivity contribution < 1.29 is 70.2 Å². The van der Waals surface area contributed by atoms with Crippen LogP contribution in [0.25, 0.3) is 0 Å². The molecule has 10 N–H and O–H groups in total. The Labute approximate surface area is 302 Å². The molecule has 5 unspecified atom stereocenters. The fourth-order valence-corrected chi connectivity index (χ4v) is 2.56. The van der Waals surface area contributed by atoms with E-state index in [1.165, 1.54) is 0 Å². The first kappa shape index (κ1) is 56.5. The molecule has 0 bridgehead atoms. The number of aliphatic carboxylic acids is 2. The molecule has 0 radical (unpaired) electrons. The maximum absolute atomic E-state index is 10.2. The van der Waals surface area contributed by atoms with Gasteiger partial charge in [-0.25, -0.2) is 9.59 Å². The molecule has 0 heterocycles. The van der Waals surface area contributed by atoms with Crippen LogP contribution < -0.4 is 0 Å². The lowest BCUT2D eigenvalue weighted by molar-refractivity contribution is -0.137. The van der Waals surface area contributed by atoms with Crippen molar-refractivity contribution in [1.82, 2.24) is 0 Å². The summed E-state index contributed by atoms with van der Waals surface area (Å²) in [6, 6.07) is 16.6. The Morgan fingerprint density at radius 3 is 0.902 bits per heavy atom. The van der Waals surface area contributed by atoms with Crippen LogP contribution >= 0.6 is 0 Å². The van der Waals surface area contributed by atoms with Crippen LogP contribution in [0.2, 0.25) is 0 Å². The molecule has 0 saturated carbocycles. The van der Waals surface area contributed by atoms with E-state index in [2.05, 4.69) is 0 Å². The topological polar surface area (TPSA) is 271 Å². The fraction of sp³-hybridized carbons (Fsp3) is 0.568. The van der Waals surface area contributed by atoms with Crippen LogP contribution in [0.15, 0.2) is 60.7 Å². The van der Waals surface area contributed by atoms with Crippen molar-refractivity contribution in [2.24, 2.45) is 11.8 Å². The SMILES string of the molecule is CCC(=O)O.CCC(=O)O.CCC(O)C(C)CO.CCC(O)C(C)CO.CCC(O)CCO.O=C(O)c1ccccc1.O=C(O)c1ccccc1. The Kier molecular flexibility index (Phi) is 44.8. The molecule has 14 nitrogen and oxygen atoms in total. The van der Waals surface area contributed by atoms with Crippen LogP contribution in [-0.4, -0.2) is 113 Å². The van der Waals surface area contributed by atoms with Crippen molar-refractivity contribution in [3.63, 3.8) is 0 Å². The smallest absolute Gasteiger partial charge is 0.335 e. The summed E-state index contributed by atoms with van der Waals surface area (Å²) in [6.45, 7) is 12.8. The Bertz CT molecular complexity index is 972. The molecule has 0 aromatic heterocycles. The van der Waals surface area contributed by atoms with Crippen molar-refractivity contribution in [2.75, 3.05) is 19.8 Å². The van der Waals surface area contributed by atoms with E-state index >= 15 is 0 Å². The first-order valence-electron chi connectivity index (χ1n) is 16.8. The van der Waals surface area contributed by atoms with E-state index in [9.17, 15) is 19.2 Å². The Morgan fingerprint density at radius 1 is 0.529 bits per heavy atom. The van der Waals surface area contributed by atoms with Crippen molar-refractivity contribution in [3.8, 4) is 0 Å². The third-order valence-electron chi connectivity index (χ3n) is 6.31. The summed E-state index contributed by atoms with van der Waals surface area (Å²) in [7, 11) is 0. The number of hydrogen-bond acceptors (Lipinski definition) is 10. The van der Waals surface area contributed by atoms with Crippen molar-refractivity contribution in [1.29, 1.82) is 0 Å². The zero-order chi connectivity index (χ0) is 40.8. The molecule has 0 amide bonds. The average molecular weight is 733 g/mol. The molecule has 2 aromatic rings. The van der Waals surface area contributed by atoms with E-state index in [4.69, 9.17) is 51.1 Å². The molecular weight excluding hydrogens is 668 g/mol. The maximum atomic E-state index is 10.2. The number of aliphatic hydroxyl groups is 6. The normalized spacial score (nSPS) is 12.2. The number of carboxylic acid groups (broad SMARTS) is 4. The molecule has 14 heteroatoms. The quantitative estimate of drug-likeness (QED) is 0.134. The minimum Gasteiger partial charge on any atom is -0.481 e. The Hall–Kier alpha value is -3.92. The van der Waals surface area contributed by atoms with Gasteiger partial charge < -0.3 is 51.1 Å². The lowest BCUT2D eigenvalue weighted by Gasteiger charge is -2.12. The van der Waals surface area contributed by atoms with Gasteiger partial charge in [-0.15, -0.1) is 0 Å². The number of carbonyl (C=O) groups is 4. The van der Waals surface area contributed by atoms with Gasteiger partial charge in [-0.1, -0.05) is 84.9 Å². The molecule has 0 aliphatic heterocycles. The van der Waals surface area contributed by atoms with Crippen LogP contribution in [-0.2, 0) is 9.59 Å². The standard InChI is InChI=1S/2C7H6O2.2C6H14O2.C5H12O2.2C3H6O2/c2*8-7(9)6-4-2-1-3-5-6;2*1-3-6(8)5(2)4-7;1-2-5(7)3-4-6;2*1-2-3(4)5/h2*1-5H,(H,8,9);2*5-8H,3-4H2,1-2H3;5-7H,2-4H2,1H3;2*2H2,1H3,(H,4,5). The van der Waals surface area contributed by atoms with Gasteiger partial charge in [0.25, 0.3) is 0 Å². The van der Waals surface area contributed by atoms with Crippen molar-refractivity contribution in [2.45, 2.75) is 105 Å². The number of aromatic carboxylic acids is 2. The van der Waals surface area contributed by atoms with Gasteiger partial charge in [0.05, 0.1) is 29.4 Å². The first-order valence-corrected chi connectivity index (χ1v) is 16.8. The molecule has 0 aliphatic carbocycles. The Morgan fingerprint density at radius 2 is 0.804 bits per heavy atom. The molecule has 0 saturated heterocycles. The summed E-state index contributed by atoms with van der Waals surface area (Å²) in [5.74, 6) is -3.19. The number of hydrogen-bond donors (Lipinski definition) is 10. The second-order valence-corrected chi connectivity index (χ2v) is 10.7. The minimum atomic E-state index is -0.879. The van der Waals surface area contributed by atoms with Gasteiger partial charge in [0.2, 0.25) is 0 Å². The van der Waals surface area contributed by atoms with Crippen LogP contribution in [0.5, 0.6) is 0 Å². The molecule has 0 aliphatic rings. The fourth-order valence-electron chi connectivity index (χ4n) is 2.56. The summed E-state index contributed by atoms with van der Waals surface area (Å²) >= 11 is 0. The summed E-state index contributed by atoms with van der Waals surface area (Å²) in [4.78, 5) is 39.1. The van der Waals surface area contributed by atoms with Gasteiger partial charge >= 0.3 is 23.9 Å². The predicted octanol–water partition coefficient (Wildman–Crippen LogP) is 4.64. The molecular formula is C37H64O14. The van der Waals surface area contributed by atoms with E-state index in [0.717, 1.165) is 19.3 Å². The highest BCUT2D eigenvalue weighted by Gasteiger charge is 2.09. The second-order valence-electron chi connectivity index (χ2n) is 10.7. The van der Waals surface area contributed by atoms with Gasteiger partial charge in [0, 0.05) is 44.5 Å². The summed E-state index contributed by atoms with van der Waals surface area (Å²) in [5.41, 5.74) is 0.662. The number of rotatable bonds is 13. The van der Waals surface area contributed by atoms with Crippen molar-refractivity contribution >= 4 is 23.9 Å². The highest BCUT2D eigenvalue weighted by Crippen LogP contribution is 2.04. The first-order chi connectivity index (χ1) is 23.9. The van der Waals surface area contributed by atoms with Gasteiger partial charge in [-0.2, -0.15) is 0 Å². The van der Waals surface area contributed by atoms with Gasteiger partial charge in [-0.3, -0.25) is 9.59 Å². The van der Waals surface area contributed by atoms with Crippen LogP contribution in [0, 0.1) is 11.8 Å². The predicted molar refractivity (Wildman–Crippen MR) is 196 cm³/mol. The maximum Gasteiger partial charge on any atom is 0.335 e. The third-order valence-corrected chi connectivity index (χ3v) is 6.31. The molecule has 2 aromatic carbocycles. The van der Waals surface area contributed by atoms with Gasteiger partial charge in [-0.05, 0) is 49.9 Å². The number of benzene rings is 2. The molecule has 0 fully saturated rings. The number of carboxylic acids is 4. The van der Waals surface area contributed by atoms with E-state index in [0.29, 0.717) is 17.5 Å². The highest BCUT2D eigenvalue weighted by atomic mass is 16.4. The Balaban J connectivity index is -0.000000163. The molecule has 5 atom stereocenters. The zero-order valence-electron chi connectivity index (χ0n) is 31.1. The van der Waals surface area contributed by atoms with E-state index in [-0.39, 0.29) is 62.8 Å². The number of aliphatic hydroxyl groups excluding tert-OH is 6. The largest absolute Gasteiger partial charge is 0.481 e. The molecule has 296 valence electrons. The third kappa shape index (κ3) is 44.1. The summed E-state index contributed by atoms with van der Waals surface area (Å²) < 4.78 is 0. The average Bonchev–Trinajstić information content (AvgIpc) is 3.15. The molecule has 51 heavy (non-hydrogen) atoms. The van der Waals surface area contributed by atoms with Crippen LogP contribution in [0.3, 0.4) is 0 Å². The van der Waals surface area contributed by atoms with Crippen LogP contribution in [0.4, 0.5) is 0 Å². The minimum absolute atomic E-state index is 0.0278. The monoisotopic (exact) mass is 732 g/mol. The summed E-state index contributed by atoms with van der Waals surface area (Å²) in [5, 5.41) is 84.0. The van der Waals surface area contributed by atoms with E-state index < -0.39 is 23.9 Å². The molecule has 0 spiro atoms. The van der Waals surface area contributed by atoms with E-state index in [1.807, 2.05) is 34.6 Å². The summed E-state index contributed by atoms with van der Waals surface area (Å²) in [6.07, 6.45) is 2.17. The van der Waals surface area contributed by atoms with Gasteiger partial charge in [0.1, 0.15) is 0 Å². The van der Waals surface area contributed by atoms with Crippen molar-refractivity contribution in [3.05, 3.63) is 71.8 Å². The lowest BCUT2D eigenvalue weighted by Crippen LogP contribution is -2.19. The lowest BCUT2D eigenvalue weighted by atomic mass is 10.0. The second kappa shape index (κ2) is 40.5. The van der Waals surface area contributed by atoms with Gasteiger partial charge in [0.15, 0.2) is 0 Å². The highest BCUT2D eigenvalue weighted by molar-refractivity contribution is 5.87.